The molecule has 2 aromatic heterocycles. The van der Waals surface area contributed by atoms with E-state index in [1.807, 2.05) is 37.3 Å². The van der Waals surface area contributed by atoms with E-state index < -0.39 is 5.91 Å². The van der Waals surface area contributed by atoms with E-state index in [1.165, 1.54) is 0 Å². The van der Waals surface area contributed by atoms with Crippen LogP contribution in [0, 0.1) is 6.92 Å². The van der Waals surface area contributed by atoms with Crippen molar-refractivity contribution in [2.24, 2.45) is 5.73 Å². The number of carbonyl (C=O) groups is 1. The van der Waals surface area contributed by atoms with Crippen LogP contribution in [0.2, 0.25) is 5.02 Å². The first-order chi connectivity index (χ1) is 14.3. The largest absolute Gasteiger partial charge is 0.366 e. The summed E-state index contributed by atoms with van der Waals surface area (Å²) in [6.07, 6.45) is 6.16. The highest BCUT2D eigenvalue weighted by Crippen LogP contribution is 2.40. The maximum atomic E-state index is 12.4. The standard InChI is InChI=1S/C24H26ClN3OS/c1-5-6-18-11-19(25)13-20(12-18)30-24-21(15(2)3)22(23(26)29)16(4)28(24)14-17-7-9-27-10-8-17/h5,7-13,15H,1,6,14H2,2-4H3,(H2,26,29). The number of aromatic nitrogens is 2. The zero-order valence-corrected chi connectivity index (χ0v) is 19.1. The molecule has 6 heteroatoms. The summed E-state index contributed by atoms with van der Waals surface area (Å²) in [6.45, 7) is 10.6. The summed E-state index contributed by atoms with van der Waals surface area (Å²) in [5.74, 6) is -0.260. The van der Waals surface area contributed by atoms with Gasteiger partial charge in [-0.1, -0.05) is 43.3 Å². The van der Waals surface area contributed by atoms with E-state index in [-0.39, 0.29) is 5.92 Å². The molecule has 0 aliphatic heterocycles. The molecule has 0 spiro atoms. The van der Waals surface area contributed by atoms with Gasteiger partial charge in [-0.15, -0.1) is 6.58 Å². The molecule has 0 saturated heterocycles. The van der Waals surface area contributed by atoms with Gasteiger partial charge in [0.25, 0.3) is 5.91 Å². The Hall–Kier alpha value is -2.50. The van der Waals surface area contributed by atoms with Gasteiger partial charge in [0.15, 0.2) is 0 Å². The summed E-state index contributed by atoms with van der Waals surface area (Å²) < 4.78 is 2.17. The lowest BCUT2D eigenvalue weighted by Crippen LogP contribution is -2.14. The molecule has 0 radical (unpaired) electrons. The first kappa shape index (κ1) is 22.2. The number of nitrogens with zero attached hydrogens (tertiary/aromatic N) is 2. The van der Waals surface area contributed by atoms with Crippen molar-refractivity contribution in [3.63, 3.8) is 0 Å². The highest BCUT2D eigenvalue weighted by atomic mass is 35.5. The summed E-state index contributed by atoms with van der Waals surface area (Å²) in [5, 5.41) is 1.70. The van der Waals surface area contributed by atoms with Gasteiger partial charge in [-0.2, -0.15) is 0 Å². The maximum Gasteiger partial charge on any atom is 0.250 e. The van der Waals surface area contributed by atoms with Crippen LogP contribution in [-0.2, 0) is 13.0 Å². The molecular formula is C24H26ClN3OS. The first-order valence-corrected chi connectivity index (χ1v) is 11.0. The van der Waals surface area contributed by atoms with Crippen LogP contribution in [0.5, 0.6) is 0 Å². The number of carbonyl (C=O) groups excluding carboxylic acids is 1. The second kappa shape index (κ2) is 9.54. The van der Waals surface area contributed by atoms with Gasteiger partial charge in [-0.05, 0) is 66.3 Å². The molecule has 2 N–H and O–H groups in total. The van der Waals surface area contributed by atoms with E-state index >= 15 is 0 Å². The topological polar surface area (TPSA) is 60.9 Å². The third-order valence-corrected chi connectivity index (χ3v) is 6.27. The number of rotatable bonds is 8. The molecular weight excluding hydrogens is 414 g/mol. The van der Waals surface area contributed by atoms with Gasteiger partial charge in [-0.25, -0.2) is 0 Å². The molecule has 0 unspecified atom stereocenters. The van der Waals surface area contributed by atoms with Crippen LogP contribution in [0.15, 0.2) is 65.3 Å². The van der Waals surface area contributed by atoms with Crippen molar-refractivity contribution in [2.45, 2.75) is 49.6 Å². The van der Waals surface area contributed by atoms with Crippen molar-refractivity contribution in [2.75, 3.05) is 0 Å². The molecule has 2 heterocycles. The third-order valence-electron chi connectivity index (χ3n) is 4.95. The number of amides is 1. The normalized spacial score (nSPS) is 11.1. The number of pyridine rings is 1. The number of halogens is 1. The molecule has 30 heavy (non-hydrogen) atoms. The lowest BCUT2D eigenvalue weighted by Gasteiger charge is -2.15. The molecule has 0 saturated carbocycles. The summed E-state index contributed by atoms with van der Waals surface area (Å²) in [4.78, 5) is 17.5. The molecule has 0 bridgehead atoms. The van der Waals surface area contributed by atoms with E-state index in [1.54, 1.807) is 24.2 Å². The van der Waals surface area contributed by atoms with Gasteiger partial charge < -0.3 is 10.3 Å². The molecule has 156 valence electrons. The van der Waals surface area contributed by atoms with E-state index in [0.717, 1.165) is 38.7 Å². The lowest BCUT2D eigenvalue weighted by atomic mass is 10.0. The summed E-state index contributed by atoms with van der Waals surface area (Å²) >= 11 is 7.99. The molecule has 3 rings (SSSR count). The van der Waals surface area contributed by atoms with E-state index in [9.17, 15) is 4.79 Å². The van der Waals surface area contributed by atoms with Crippen molar-refractivity contribution in [3.8, 4) is 0 Å². The fraction of sp³-hybridized carbons (Fsp3) is 0.250. The fourth-order valence-corrected chi connectivity index (χ4v) is 5.33. The Morgan fingerprint density at radius 1 is 1.27 bits per heavy atom. The molecule has 1 aromatic carbocycles. The molecule has 0 aliphatic rings. The van der Waals surface area contributed by atoms with Crippen LogP contribution >= 0.6 is 23.4 Å². The highest BCUT2D eigenvalue weighted by molar-refractivity contribution is 7.99. The zero-order chi connectivity index (χ0) is 21.8. The van der Waals surface area contributed by atoms with Gasteiger partial charge in [-0.3, -0.25) is 9.78 Å². The van der Waals surface area contributed by atoms with Crippen molar-refractivity contribution in [3.05, 3.63) is 88.4 Å². The molecule has 0 fully saturated rings. The number of benzene rings is 1. The smallest absolute Gasteiger partial charge is 0.250 e. The summed E-state index contributed by atoms with van der Waals surface area (Å²) in [7, 11) is 0. The predicted molar refractivity (Wildman–Crippen MR) is 125 cm³/mol. The van der Waals surface area contributed by atoms with Crippen molar-refractivity contribution in [1.82, 2.24) is 9.55 Å². The Morgan fingerprint density at radius 2 is 1.97 bits per heavy atom. The van der Waals surface area contributed by atoms with Crippen molar-refractivity contribution < 1.29 is 4.79 Å². The molecule has 1 amide bonds. The van der Waals surface area contributed by atoms with E-state index in [0.29, 0.717) is 17.1 Å². The minimum atomic E-state index is -0.398. The fourth-order valence-electron chi connectivity index (χ4n) is 3.63. The molecule has 3 aromatic rings. The Balaban J connectivity index is 2.17. The van der Waals surface area contributed by atoms with E-state index in [2.05, 4.69) is 36.0 Å². The third kappa shape index (κ3) is 4.79. The van der Waals surface area contributed by atoms with Gasteiger partial charge in [0.1, 0.15) is 0 Å². The van der Waals surface area contributed by atoms with Crippen LogP contribution in [0.25, 0.3) is 0 Å². The number of hydrogen-bond donors (Lipinski definition) is 1. The Kier molecular flexibility index (Phi) is 7.06. The second-order valence-corrected chi connectivity index (χ2v) is 9.03. The SMILES string of the molecule is C=CCc1cc(Cl)cc(Sc2c(C(C)C)c(C(N)=O)c(C)n2Cc2ccncc2)c1. The quantitative estimate of drug-likeness (QED) is 0.438. The maximum absolute atomic E-state index is 12.4. The number of hydrogen-bond acceptors (Lipinski definition) is 3. The van der Waals surface area contributed by atoms with Crippen LogP contribution in [0.4, 0.5) is 0 Å². The number of nitrogens with two attached hydrogens (primary N) is 1. The second-order valence-electron chi connectivity index (χ2n) is 7.53. The van der Waals surface area contributed by atoms with Crippen LogP contribution in [0.1, 0.15) is 52.5 Å². The molecule has 0 aliphatic carbocycles. The summed E-state index contributed by atoms with van der Waals surface area (Å²) in [6, 6.07) is 9.98. The van der Waals surface area contributed by atoms with Gasteiger partial charge in [0.2, 0.25) is 0 Å². The highest BCUT2D eigenvalue weighted by Gasteiger charge is 2.26. The predicted octanol–water partition coefficient (Wildman–Crippen LogP) is 6.00. The Labute approximate surface area is 187 Å². The number of allylic oxidation sites excluding steroid dienone is 1. The molecule has 0 atom stereocenters. The van der Waals surface area contributed by atoms with E-state index in [4.69, 9.17) is 17.3 Å². The molecule has 4 nitrogen and oxygen atoms in total. The number of primary amides is 1. The van der Waals surface area contributed by atoms with Crippen molar-refractivity contribution >= 4 is 29.3 Å². The first-order valence-electron chi connectivity index (χ1n) is 9.81. The Bertz CT molecular complexity index is 1070. The Morgan fingerprint density at radius 3 is 2.57 bits per heavy atom. The zero-order valence-electron chi connectivity index (χ0n) is 17.5. The van der Waals surface area contributed by atoms with Crippen LogP contribution < -0.4 is 5.73 Å². The average molecular weight is 440 g/mol. The van der Waals surface area contributed by atoms with Crippen LogP contribution in [-0.4, -0.2) is 15.5 Å². The summed E-state index contributed by atoms with van der Waals surface area (Å²) in [5.41, 5.74) is 10.5. The van der Waals surface area contributed by atoms with Crippen molar-refractivity contribution in [1.29, 1.82) is 0 Å². The van der Waals surface area contributed by atoms with Gasteiger partial charge >= 0.3 is 0 Å². The lowest BCUT2D eigenvalue weighted by molar-refractivity contribution is 0.0998. The van der Waals surface area contributed by atoms with Gasteiger partial charge in [0, 0.05) is 34.6 Å². The average Bonchev–Trinajstić information content (AvgIpc) is 2.95. The minimum Gasteiger partial charge on any atom is -0.366 e. The van der Waals surface area contributed by atoms with Gasteiger partial charge in [0.05, 0.1) is 10.6 Å². The van der Waals surface area contributed by atoms with Crippen LogP contribution in [0.3, 0.4) is 0 Å². The monoisotopic (exact) mass is 439 g/mol. The minimum absolute atomic E-state index is 0.138.